The van der Waals surface area contributed by atoms with Crippen LogP contribution in [0.1, 0.15) is 19.8 Å². The van der Waals surface area contributed by atoms with Gasteiger partial charge in [-0.1, -0.05) is 6.92 Å². The van der Waals surface area contributed by atoms with Crippen LogP contribution < -0.4 is 10.6 Å². The van der Waals surface area contributed by atoms with E-state index in [1.165, 1.54) is 0 Å². The summed E-state index contributed by atoms with van der Waals surface area (Å²) in [6.07, 6.45) is -2.40. The van der Waals surface area contributed by atoms with Gasteiger partial charge in [0.1, 0.15) is 6.54 Å². The van der Waals surface area contributed by atoms with Crippen molar-refractivity contribution < 1.29 is 22.8 Å². The lowest BCUT2D eigenvalue weighted by molar-refractivity contribution is -0.125. The van der Waals surface area contributed by atoms with Crippen LogP contribution in [0.5, 0.6) is 0 Å². The van der Waals surface area contributed by atoms with Gasteiger partial charge >= 0.3 is 12.2 Å². The topological polar surface area (TPSA) is 61.4 Å². The molecule has 0 bridgehead atoms. The number of likely N-dealkylation sites (tertiary alicyclic amines) is 1. The number of piperidine rings is 1. The molecule has 0 aromatic heterocycles. The van der Waals surface area contributed by atoms with Gasteiger partial charge in [-0.15, -0.1) is 0 Å². The maximum Gasteiger partial charge on any atom is 0.405 e. The number of hydrogen-bond donors (Lipinski definition) is 2. The summed E-state index contributed by atoms with van der Waals surface area (Å²) < 4.78 is 35.5. The molecule has 1 aliphatic rings. The Kier molecular flexibility index (Phi) is 5.59. The Labute approximate surface area is 109 Å². The molecule has 8 heteroatoms. The highest BCUT2D eigenvalue weighted by Crippen LogP contribution is 2.14. The summed E-state index contributed by atoms with van der Waals surface area (Å²) in [5, 5.41) is 3.47. The van der Waals surface area contributed by atoms with E-state index < -0.39 is 24.7 Å². The highest BCUT2D eigenvalue weighted by atomic mass is 19.4. The van der Waals surface area contributed by atoms with Crippen LogP contribution in [0.4, 0.5) is 18.0 Å². The number of rotatable bonds is 3. The lowest BCUT2D eigenvalue weighted by Crippen LogP contribution is -2.48. The van der Waals surface area contributed by atoms with Gasteiger partial charge in [0.15, 0.2) is 0 Å². The third-order valence-corrected chi connectivity index (χ3v) is 2.81. The summed E-state index contributed by atoms with van der Waals surface area (Å²) >= 11 is 0. The van der Waals surface area contributed by atoms with Gasteiger partial charge in [-0.05, 0) is 25.3 Å². The quantitative estimate of drug-likeness (QED) is 0.814. The van der Waals surface area contributed by atoms with Gasteiger partial charge in [0.05, 0.1) is 6.54 Å². The fraction of sp³-hybridized carbons (Fsp3) is 0.818. The van der Waals surface area contributed by atoms with Crippen molar-refractivity contribution in [3.8, 4) is 0 Å². The Morgan fingerprint density at radius 3 is 2.63 bits per heavy atom. The van der Waals surface area contributed by atoms with E-state index in [9.17, 15) is 22.8 Å². The molecule has 1 heterocycles. The summed E-state index contributed by atoms with van der Waals surface area (Å²) in [6, 6.07) is -1.12. The van der Waals surface area contributed by atoms with Crippen LogP contribution in [0.3, 0.4) is 0 Å². The zero-order valence-electron chi connectivity index (χ0n) is 10.7. The number of carbonyl (C=O) groups excluding carboxylic acids is 2. The second-order valence-corrected chi connectivity index (χ2v) is 4.83. The molecule has 0 saturated carbocycles. The van der Waals surface area contributed by atoms with E-state index in [1.807, 2.05) is 10.2 Å². The van der Waals surface area contributed by atoms with E-state index in [0.717, 1.165) is 25.9 Å². The molecule has 0 spiro atoms. The molecule has 0 radical (unpaired) electrons. The van der Waals surface area contributed by atoms with Crippen LogP contribution in [-0.4, -0.2) is 49.2 Å². The van der Waals surface area contributed by atoms with Gasteiger partial charge in [-0.3, -0.25) is 15.0 Å². The molecule has 0 aromatic carbocycles. The maximum atomic E-state index is 11.8. The molecule has 1 aliphatic heterocycles. The summed E-state index contributed by atoms with van der Waals surface area (Å²) in [6.45, 7) is 2.18. The van der Waals surface area contributed by atoms with E-state index in [4.69, 9.17) is 0 Å². The molecule has 0 aliphatic carbocycles. The van der Waals surface area contributed by atoms with Crippen molar-refractivity contribution in [1.29, 1.82) is 0 Å². The van der Waals surface area contributed by atoms with Crippen LogP contribution in [0, 0.1) is 5.92 Å². The van der Waals surface area contributed by atoms with E-state index >= 15 is 0 Å². The number of amides is 3. The Bertz CT molecular complexity index is 334. The monoisotopic (exact) mass is 281 g/mol. The molecule has 1 rings (SSSR count). The first kappa shape index (κ1) is 15.7. The largest absolute Gasteiger partial charge is 0.405 e. The molecule has 5 nitrogen and oxygen atoms in total. The number of hydrogen-bond acceptors (Lipinski definition) is 3. The first-order valence-electron chi connectivity index (χ1n) is 6.13. The molecule has 0 unspecified atom stereocenters. The number of imide groups is 1. The molecule has 1 saturated heterocycles. The van der Waals surface area contributed by atoms with E-state index in [-0.39, 0.29) is 6.54 Å². The third-order valence-electron chi connectivity index (χ3n) is 2.81. The lowest BCUT2D eigenvalue weighted by Gasteiger charge is -2.29. The predicted octanol–water partition coefficient (Wildman–Crippen LogP) is 1.11. The zero-order chi connectivity index (χ0) is 14.5. The number of nitrogens with zero attached hydrogens (tertiary/aromatic N) is 1. The first-order chi connectivity index (χ1) is 8.76. The fourth-order valence-corrected chi connectivity index (χ4v) is 2.02. The van der Waals surface area contributed by atoms with E-state index in [0.29, 0.717) is 5.92 Å². The molecule has 110 valence electrons. The predicted molar refractivity (Wildman–Crippen MR) is 62.4 cm³/mol. The Morgan fingerprint density at radius 2 is 2.05 bits per heavy atom. The minimum atomic E-state index is -4.48. The van der Waals surface area contributed by atoms with Crippen LogP contribution in [0.2, 0.25) is 0 Å². The van der Waals surface area contributed by atoms with Crippen LogP contribution in [0.25, 0.3) is 0 Å². The number of alkyl halides is 3. The summed E-state index contributed by atoms with van der Waals surface area (Å²) in [5.41, 5.74) is 0. The summed E-state index contributed by atoms with van der Waals surface area (Å²) in [5.74, 6) is -0.102. The molecule has 1 atom stereocenters. The Balaban J connectivity index is 2.25. The van der Waals surface area contributed by atoms with Crippen LogP contribution >= 0.6 is 0 Å². The minimum Gasteiger partial charge on any atom is -0.329 e. The third kappa shape index (κ3) is 7.00. The number of carbonyl (C=O) groups is 2. The van der Waals surface area contributed by atoms with Crippen molar-refractivity contribution in [3.63, 3.8) is 0 Å². The first-order valence-corrected chi connectivity index (χ1v) is 6.13. The second kappa shape index (κ2) is 6.74. The zero-order valence-corrected chi connectivity index (χ0v) is 10.7. The Morgan fingerprint density at radius 1 is 1.37 bits per heavy atom. The number of urea groups is 1. The molecular weight excluding hydrogens is 263 g/mol. The lowest BCUT2D eigenvalue weighted by atomic mass is 10.0. The van der Waals surface area contributed by atoms with Crippen molar-refractivity contribution in [1.82, 2.24) is 15.5 Å². The summed E-state index contributed by atoms with van der Waals surface area (Å²) in [7, 11) is 0. The van der Waals surface area contributed by atoms with Crippen LogP contribution in [-0.2, 0) is 4.79 Å². The SMILES string of the molecule is C[C@@H]1CCCN(CC(=O)NC(=O)NCC(F)(F)F)C1. The Hall–Kier alpha value is -1.31. The molecule has 3 amide bonds. The van der Waals surface area contributed by atoms with Crippen molar-refractivity contribution in [2.45, 2.75) is 25.9 Å². The number of nitrogens with one attached hydrogen (secondary N) is 2. The van der Waals surface area contributed by atoms with Gasteiger partial charge < -0.3 is 5.32 Å². The van der Waals surface area contributed by atoms with Crippen molar-refractivity contribution >= 4 is 11.9 Å². The van der Waals surface area contributed by atoms with Crippen molar-refractivity contribution in [3.05, 3.63) is 0 Å². The van der Waals surface area contributed by atoms with E-state index in [2.05, 4.69) is 6.92 Å². The van der Waals surface area contributed by atoms with Crippen molar-refractivity contribution in [2.75, 3.05) is 26.2 Å². The van der Waals surface area contributed by atoms with Gasteiger partial charge in [0.2, 0.25) is 5.91 Å². The average Bonchev–Trinajstić information content (AvgIpc) is 2.25. The second-order valence-electron chi connectivity index (χ2n) is 4.83. The standard InChI is InChI=1S/C11H18F3N3O2/c1-8-3-2-4-17(5-8)6-9(18)16-10(19)15-7-11(12,13)14/h8H,2-7H2,1H3,(H2,15,16,18,19)/t8-/m1/s1. The van der Waals surface area contributed by atoms with E-state index in [1.54, 1.807) is 5.32 Å². The van der Waals surface area contributed by atoms with Crippen molar-refractivity contribution in [2.24, 2.45) is 5.92 Å². The molecule has 2 N–H and O–H groups in total. The average molecular weight is 281 g/mol. The molecule has 1 fully saturated rings. The molecular formula is C11H18F3N3O2. The maximum absolute atomic E-state index is 11.8. The van der Waals surface area contributed by atoms with Gasteiger partial charge in [-0.25, -0.2) is 4.79 Å². The normalized spacial score (nSPS) is 20.9. The van der Waals surface area contributed by atoms with Crippen LogP contribution in [0.15, 0.2) is 0 Å². The molecule has 0 aromatic rings. The fourth-order valence-electron chi connectivity index (χ4n) is 2.02. The summed E-state index contributed by atoms with van der Waals surface area (Å²) in [4.78, 5) is 24.4. The van der Waals surface area contributed by atoms with Gasteiger partial charge in [0.25, 0.3) is 0 Å². The minimum absolute atomic E-state index is 0.0315. The smallest absolute Gasteiger partial charge is 0.329 e. The van der Waals surface area contributed by atoms with Gasteiger partial charge in [-0.2, -0.15) is 13.2 Å². The highest BCUT2D eigenvalue weighted by Gasteiger charge is 2.28. The number of halogens is 3. The highest BCUT2D eigenvalue weighted by molar-refractivity contribution is 5.95. The molecule has 19 heavy (non-hydrogen) atoms. The van der Waals surface area contributed by atoms with Gasteiger partial charge in [0, 0.05) is 6.54 Å².